The van der Waals surface area contributed by atoms with E-state index in [4.69, 9.17) is 12.6 Å². The Kier molecular flexibility index (Phi) is 6.04. The van der Waals surface area contributed by atoms with Crippen molar-refractivity contribution in [1.29, 1.82) is 0 Å². The molecule has 0 spiro atoms. The third-order valence-corrected chi connectivity index (χ3v) is 5.95. The Morgan fingerprint density at radius 1 is 1.11 bits per heavy atom. The van der Waals surface area contributed by atoms with Crippen LogP contribution in [0.15, 0.2) is 0 Å². The van der Waals surface area contributed by atoms with Crippen molar-refractivity contribution >= 4 is 12.6 Å². The van der Waals surface area contributed by atoms with Gasteiger partial charge in [-0.25, -0.2) is 0 Å². The quantitative estimate of drug-likeness (QED) is 0.792. The van der Waals surface area contributed by atoms with Gasteiger partial charge in [0.05, 0.1) is 0 Å². The summed E-state index contributed by atoms with van der Waals surface area (Å²) in [5, 5.41) is 0. The zero-order chi connectivity index (χ0) is 13.7. The van der Waals surface area contributed by atoms with Gasteiger partial charge in [-0.2, -0.15) is 12.6 Å². The van der Waals surface area contributed by atoms with Gasteiger partial charge in [-0.15, -0.1) is 0 Å². The molecule has 2 fully saturated rings. The predicted octanol–water partition coefficient (Wildman–Crippen LogP) is 3.28. The SMILES string of the molecule is CCC1CN(C)CCCN1CC1(CS)CCCCC1. The van der Waals surface area contributed by atoms with Gasteiger partial charge < -0.3 is 4.90 Å². The summed E-state index contributed by atoms with van der Waals surface area (Å²) in [7, 11) is 2.28. The van der Waals surface area contributed by atoms with Crippen LogP contribution in [0.5, 0.6) is 0 Å². The van der Waals surface area contributed by atoms with E-state index in [-0.39, 0.29) is 0 Å². The molecule has 2 nitrogen and oxygen atoms in total. The molecule has 112 valence electrons. The number of likely N-dealkylation sites (N-methyl/N-ethyl adjacent to an activating group) is 1. The second kappa shape index (κ2) is 7.33. The fraction of sp³-hybridized carbons (Fsp3) is 1.00. The molecule has 0 aromatic carbocycles. The Morgan fingerprint density at radius 2 is 1.84 bits per heavy atom. The second-order valence-electron chi connectivity index (χ2n) is 6.87. The molecule has 1 unspecified atom stereocenters. The van der Waals surface area contributed by atoms with Gasteiger partial charge in [0, 0.05) is 19.1 Å². The molecule has 0 bridgehead atoms. The molecule has 2 rings (SSSR count). The standard InChI is InChI=1S/C16H32N2S/c1-3-15-12-17(2)10-7-11-18(15)13-16(14-19)8-5-4-6-9-16/h15,19H,3-14H2,1-2H3. The van der Waals surface area contributed by atoms with E-state index in [1.165, 1.54) is 71.1 Å². The minimum absolute atomic E-state index is 0.512. The molecule has 2 aliphatic rings. The van der Waals surface area contributed by atoms with Crippen molar-refractivity contribution < 1.29 is 0 Å². The molecule has 19 heavy (non-hydrogen) atoms. The first-order valence-corrected chi connectivity index (χ1v) is 8.86. The molecular weight excluding hydrogens is 252 g/mol. The molecule has 1 atom stereocenters. The molecule has 0 radical (unpaired) electrons. The van der Waals surface area contributed by atoms with Crippen LogP contribution in [0.1, 0.15) is 51.9 Å². The average Bonchev–Trinajstić information content (AvgIpc) is 2.61. The van der Waals surface area contributed by atoms with Crippen molar-refractivity contribution in [3.05, 3.63) is 0 Å². The van der Waals surface area contributed by atoms with Gasteiger partial charge in [0.25, 0.3) is 0 Å². The summed E-state index contributed by atoms with van der Waals surface area (Å²) in [6.45, 7) is 7.45. The van der Waals surface area contributed by atoms with E-state index >= 15 is 0 Å². The lowest BCUT2D eigenvalue weighted by molar-refractivity contribution is 0.0906. The lowest BCUT2D eigenvalue weighted by atomic mass is 9.75. The van der Waals surface area contributed by atoms with Crippen LogP contribution in [0.3, 0.4) is 0 Å². The highest BCUT2D eigenvalue weighted by molar-refractivity contribution is 7.80. The van der Waals surface area contributed by atoms with Crippen LogP contribution in [0.2, 0.25) is 0 Å². The van der Waals surface area contributed by atoms with Crippen molar-refractivity contribution in [3.63, 3.8) is 0 Å². The number of hydrogen-bond acceptors (Lipinski definition) is 3. The molecule has 3 heteroatoms. The Labute approximate surface area is 125 Å². The first kappa shape index (κ1) is 15.7. The smallest absolute Gasteiger partial charge is 0.0220 e. The summed E-state index contributed by atoms with van der Waals surface area (Å²) in [5.74, 6) is 1.08. The summed E-state index contributed by atoms with van der Waals surface area (Å²) in [4.78, 5) is 5.31. The third kappa shape index (κ3) is 4.12. The normalized spacial score (nSPS) is 30.2. The summed E-state index contributed by atoms with van der Waals surface area (Å²) < 4.78 is 0. The molecule has 1 aliphatic carbocycles. The Morgan fingerprint density at radius 3 is 2.47 bits per heavy atom. The summed E-state index contributed by atoms with van der Waals surface area (Å²) in [6.07, 6.45) is 9.70. The maximum Gasteiger partial charge on any atom is 0.0220 e. The summed E-state index contributed by atoms with van der Waals surface area (Å²) in [5.41, 5.74) is 0.512. The van der Waals surface area contributed by atoms with Crippen LogP contribution in [0.25, 0.3) is 0 Å². The van der Waals surface area contributed by atoms with Crippen LogP contribution in [-0.4, -0.2) is 54.8 Å². The molecule has 0 aromatic rings. The zero-order valence-corrected chi connectivity index (χ0v) is 13.8. The zero-order valence-electron chi connectivity index (χ0n) is 12.9. The van der Waals surface area contributed by atoms with Crippen molar-refractivity contribution in [2.75, 3.05) is 39.0 Å². The van der Waals surface area contributed by atoms with Gasteiger partial charge in [-0.1, -0.05) is 26.2 Å². The monoisotopic (exact) mass is 284 g/mol. The van der Waals surface area contributed by atoms with Crippen LogP contribution >= 0.6 is 12.6 Å². The van der Waals surface area contributed by atoms with E-state index in [0.717, 1.165) is 11.8 Å². The van der Waals surface area contributed by atoms with E-state index in [2.05, 4.69) is 23.8 Å². The van der Waals surface area contributed by atoms with Crippen molar-refractivity contribution in [2.24, 2.45) is 5.41 Å². The molecule has 0 N–H and O–H groups in total. The predicted molar refractivity (Wildman–Crippen MR) is 87.1 cm³/mol. The van der Waals surface area contributed by atoms with E-state index < -0.39 is 0 Å². The van der Waals surface area contributed by atoms with Crippen LogP contribution in [-0.2, 0) is 0 Å². The number of thiol groups is 1. The van der Waals surface area contributed by atoms with E-state index in [0.29, 0.717) is 5.41 Å². The largest absolute Gasteiger partial charge is 0.305 e. The highest BCUT2D eigenvalue weighted by atomic mass is 32.1. The first-order valence-electron chi connectivity index (χ1n) is 8.22. The van der Waals surface area contributed by atoms with Crippen molar-refractivity contribution in [3.8, 4) is 0 Å². The van der Waals surface area contributed by atoms with Gasteiger partial charge in [0.2, 0.25) is 0 Å². The average molecular weight is 285 g/mol. The first-order chi connectivity index (χ1) is 9.19. The fourth-order valence-corrected chi connectivity index (χ4v) is 4.40. The van der Waals surface area contributed by atoms with Crippen molar-refractivity contribution in [2.45, 2.75) is 57.9 Å². The Balaban J connectivity index is 2.01. The lowest BCUT2D eigenvalue weighted by Gasteiger charge is -2.42. The highest BCUT2D eigenvalue weighted by Gasteiger charge is 2.35. The molecular formula is C16H32N2S. The summed E-state index contributed by atoms with van der Waals surface area (Å²) in [6, 6.07) is 0.756. The molecule has 0 amide bonds. The molecule has 1 heterocycles. The van der Waals surface area contributed by atoms with Gasteiger partial charge in [0.15, 0.2) is 0 Å². The molecule has 1 saturated carbocycles. The topological polar surface area (TPSA) is 6.48 Å². The van der Waals surface area contributed by atoms with E-state index in [1.54, 1.807) is 0 Å². The lowest BCUT2D eigenvalue weighted by Crippen LogP contribution is -2.47. The van der Waals surface area contributed by atoms with Crippen LogP contribution in [0.4, 0.5) is 0 Å². The summed E-state index contributed by atoms with van der Waals surface area (Å²) >= 11 is 4.72. The number of rotatable bonds is 4. The Hall–Kier alpha value is 0.270. The fourth-order valence-electron chi connectivity index (χ4n) is 3.99. The minimum atomic E-state index is 0.512. The van der Waals surface area contributed by atoms with Gasteiger partial charge >= 0.3 is 0 Å². The van der Waals surface area contributed by atoms with Gasteiger partial charge in [-0.05, 0) is 57.0 Å². The van der Waals surface area contributed by atoms with E-state index in [9.17, 15) is 0 Å². The van der Waals surface area contributed by atoms with Crippen LogP contribution < -0.4 is 0 Å². The second-order valence-corrected chi connectivity index (χ2v) is 7.18. The Bertz CT molecular complexity index is 263. The highest BCUT2D eigenvalue weighted by Crippen LogP contribution is 2.38. The molecule has 1 aliphatic heterocycles. The van der Waals surface area contributed by atoms with Gasteiger partial charge in [0.1, 0.15) is 0 Å². The molecule has 0 aromatic heterocycles. The molecule has 1 saturated heterocycles. The third-order valence-electron chi connectivity index (χ3n) is 5.28. The maximum absolute atomic E-state index is 4.72. The minimum Gasteiger partial charge on any atom is -0.305 e. The van der Waals surface area contributed by atoms with Crippen molar-refractivity contribution in [1.82, 2.24) is 9.80 Å². The van der Waals surface area contributed by atoms with Crippen LogP contribution in [0, 0.1) is 5.41 Å². The maximum atomic E-state index is 4.72. The van der Waals surface area contributed by atoms with Gasteiger partial charge in [-0.3, -0.25) is 4.90 Å². The number of nitrogens with zero attached hydrogens (tertiary/aromatic N) is 2. The van der Waals surface area contributed by atoms with E-state index in [1.807, 2.05) is 0 Å². The number of hydrogen-bond donors (Lipinski definition) is 1.